The van der Waals surface area contributed by atoms with Crippen LogP contribution in [-0.4, -0.2) is 31.9 Å². The van der Waals surface area contributed by atoms with E-state index in [4.69, 9.17) is 0 Å². The third-order valence-corrected chi connectivity index (χ3v) is 5.72. The first-order chi connectivity index (χ1) is 9.46. The summed E-state index contributed by atoms with van der Waals surface area (Å²) in [4.78, 5) is 0.396. The number of hydrogen-bond acceptors (Lipinski definition) is 3. The molecule has 0 aliphatic carbocycles. The highest BCUT2D eigenvalue weighted by molar-refractivity contribution is 7.89. The molecule has 0 spiro atoms. The molecular weight excluding hydrogens is 272 g/mol. The first-order valence-corrected chi connectivity index (χ1v) is 8.79. The molecule has 0 fully saturated rings. The van der Waals surface area contributed by atoms with Crippen LogP contribution < -0.4 is 5.32 Å². The fourth-order valence-electron chi connectivity index (χ4n) is 2.61. The predicted octanol–water partition coefficient (Wildman–Crippen LogP) is 2.85. The summed E-state index contributed by atoms with van der Waals surface area (Å²) in [5, 5.41) is 3.29. The number of anilines is 1. The van der Waals surface area contributed by atoms with E-state index >= 15 is 0 Å². The van der Waals surface area contributed by atoms with Gasteiger partial charge in [0.2, 0.25) is 10.0 Å². The summed E-state index contributed by atoms with van der Waals surface area (Å²) >= 11 is 0. The van der Waals surface area contributed by atoms with Crippen LogP contribution in [0, 0.1) is 0 Å². The van der Waals surface area contributed by atoms with Crippen LogP contribution in [0.25, 0.3) is 0 Å². The van der Waals surface area contributed by atoms with Crippen LogP contribution in [0.15, 0.2) is 23.1 Å². The van der Waals surface area contributed by atoms with Gasteiger partial charge in [0, 0.05) is 24.8 Å². The first-order valence-electron chi connectivity index (χ1n) is 7.35. The first kappa shape index (κ1) is 15.3. The minimum Gasteiger partial charge on any atom is -0.385 e. The van der Waals surface area contributed by atoms with Crippen LogP contribution in [0.4, 0.5) is 5.69 Å². The zero-order chi connectivity index (χ0) is 14.8. The Kier molecular flexibility index (Phi) is 4.70. The maximum Gasteiger partial charge on any atom is 0.243 e. The van der Waals surface area contributed by atoms with Gasteiger partial charge in [0.1, 0.15) is 0 Å². The second-order valence-corrected chi connectivity index (χ2v) is 7.45. The van der Waals surface area contributed by atoms with E-state index in [0.29, 0.717) is 11.4 Å². The summed E-state index contributed by atoms with van der Waals surface area (Å²) in [6.07, 6.45) is 2.94. The van der Waals surface area contributed by atoms with E-state index in [1.807, 2.05) is 26.8 Å². The number of rotatable bonds is 5. The number of nitrogens with zero attached hydrogens (tertiary/aromatic N) is 1. The van der Waals surface area contributed by atoms with E-state index < -0.39 is 10.0 Å². The highest BCUT2D eigenvalue weighted by atomic mass is 32.2. The van der Waals surface area contributed by atoms with Gasteiger partial charge in [-0.15, -0.1) is 0 Å². The van der Waals surface area contributed by atoms with Crippen molar-refractivity contribution in [2.75, 3.05) is 18.4 Å². The SMILES string of the molecule is CCCN(C(C)C)S(=O)(=O)c1ccc2c(c1)NCCC2. The number of benzene rings is 1. The minimum atomic E-state index is -3.40. The molecule has 0 atom stereocenters. The molecule has 4 nitrogen and oxygen atoms in total. The summed E-state index contributed by atoms with van der Waals surface area (Å²) in [5.41, 5.74) is 2.18. The average Bonchev–Trinajstić information content (AvgIpc) is 2.43. The monoisotopic (exact) mass is 296 g/mol. The number of sulfonamides is 1. The third kappa shape index (κ3) is 2.99. The van der Waals surface area contributed by atoms with Gasteiger partial charge in [-0.3, -0.25) is 0 Å². The van der Waals surface area contributed by atoms with Gasteiger partial charge in [-0.05, 0) is 50.8 Å². The highest BCUT2D eigenvalue weighted by Gasteiger charge is 2.27. The Hall–Kier alpha value is -1.07. The molecule has 0 saturated carbocycles. The van der Waals surface area contributed by atoms with E-state index in [-0.39, 0.29) is 6.04 Å². The fraction of sp³-hybridized carbons (Fsp3) is 0.600. The van der Waals surface area contributed by atoms with E-state index in [0.717, 1.165) is 31.5 Å². The van der Waals surface area contributed by atoms with Crippen molar-refractivity contribution in [3.8, 4) is 0 Å². The zero-order valence-corrected chi connectivity index (χ0v) is 13.3. The van der Waals surface area contributed by atoms with E-state index in [1.165, 1.54) is 5.56 Å². The number of aryl methyl sites for hydroxylation is 1. The lowest BCUT2D eigenvalue weighted by Gasteiger charge is -2.26. The van der Waals surface area contributed by atoms with E-state index in [1.54, 1.807) is 16.4 Å². The number of nitrogens with one attached hydrogen (secondary N) is 1. The molecule has 1 aliphatic heterocycles. The maximum atomic E-state index is 12.7. The summed E-state index contributed by atoms with van der Waals surface area (Å²) in [6.45, 7) is 7.32. The smallest absolute Gasteiger partial charge is 0.243 e. The molecular formula is C15H24N2O2S. The Balaban J connectivity index is 2.38. The molecule has 20 heavy (non-hydrogen) atoms. The zero-order valence-electron chi connectivity index (χ0n) is 12.5. The standard InChI is InChI=1S/C15H24N2O2S/c1-4-10-17(12(2)3)20(18,19)14-8-7-13-6-5-9-16-15(13)11-14/h7-8,11-12,16H,4-6,9-10H2,1-3H3. The van der Waals surface area contributed by atoms with Gasteiger partial charge in [0.15, 0.2) is 0 Å². The van der Waals surface area contributed by atoms with Crippen molar-refractivity contribution in [2.45, 2.75) is 51.0 Å². The molecule has 0 radical (unpaired) electrons. The Bertz CT molecular complexity index is 567. The van der Waals surface area contributed by atoms with Crippen molar-refractivity contribution in [2.24, 2.45) is 0 Å². The van der Waals surface area contributed by atoms with Crippen LogP contribution in [0.5, 0.6) is 0 Å². The molecule has 0 unspecified atom stereocenters. The van der Waals surface area contributed by atoms with Crippen molar-refractivity contribution < 1.29 is 8.42 Å². The lowest BCUT2D eigenvalue weighted by molar-refractivity contribution is 0.354. The molecule has 1 aromatic rings. The molecule has 1 heterocycles. The van der Waals surface area contributed by atoms with Crippen LogP contribution in [-0.2, 0) is 16.4 Å². The average molecular weight is 296 g/mol. The van der Waals surface area contributed by atoms with Gasteiger partial charge in [0.25, 0.3) is 0 Å². The Morgan fingerprint density at radius 1 is 1.35 bits per heavy atom. The van der Waals surface area contributed by atoms with Crippen LogP contribution in [0.1, 0.15) is 39.2 Å². The topological polar surface area (TPSA) is 49.4 Å². The van der Waals surface area contributed by atoms with Gasteiger partial charge in [-0.25, -0.2) is 8.42 Å². The van der Waals surface area contributed by atoms with Gasteiger partial charge in [-0.1, -0.05) is 13.0 Å². The summed E-state index contributed by atoms with van der Waals surface area (Å²) in [5.74, 6) is 0. The van der Waals surface area contributed by atoms with Gasteiger partial charge < -0.3 is 5.32 Å². The molecule has 0 bridgehead atoms. The summed E-state index contributed by atoms with van der Waals surface area (Å²) in [6, 6.07) is 5.45. The Labute approximate surface area is 122 Å². The molecule has 0 aromatic heterocycles. The van der Waals surface area contributed by atoms with Gasteiger partial charge >= 0.3 is 0 Å². The number of fused-ring (bicyclic) bond motifs is 1. The lowest BCUT2D eigenvalue weighted by atomic mass is 10.0. The quantitative estimate of drug-likeness (QED) is 0.909. The highest BCUT2D eigenvalue weighted by Crippen LogP contribution is 2.27. The van der Waals surface area contributed by atoms with Crippen LogP contribution in [0.3, 0.4) is 0 Å². The number of hydrogen-bond donors (Lipinski definition) is 1. The summed E-state index contributed by atoms with van der Waals surface area (Å²) < 4.78 is 27.1. The molecule has 5 heteroatoms. The molecule has 1 N–H and O–H groups in total. The fourth-order valence-corrected chi connectivity index (χ4v) is 4.37. The van der Waals surface area contributed by atoms with Crippen LogP contribution in [0.2, 0.25) is 0 Å². The second-order valence-electron chi connectivity index (χ2n) is 5.56. The largest absolute Gasteiger partial charge is 0.385 e. The molecule has 1 aliphatic rings. The second kappa shape index (κ2) is 6.14. The summed E-state index contributed by atoms with van der Waals surface area (Å²) in [7, 11) is -3.40. The van der Waals surface area contributed by atoms with E-state index in [9.17, 15) is 8.42 Å². The molecule has 112 valence electrons. The van der Waals surface area contributed by atoms with Crippen molar-refractivity contribution in [1.82, 2.24) is 4.31 Å². The molecule has 1 aromatic carbocycles. The van der Waals surface area contributed by atoms with Crippen LogP contribution >= 0.6 is 0 Å². The molecule has 0 saturated heterocycles. The van der Waals surface area contributed by atoms with Gasteiger partial charge in [0.05, 0.1) is 4.90 Å². The van der Waals surface area contributed by atoms with Crippen molar-refractivity contribution in [3.05, 3.63) is 23.8 Å². The normalized spacial score (nSPS) is 15.2. The van der Waals surface area contributed by atoms with Crippen molar-refractivity contribution in [3.63, 3.8) is 0 Å². The predicted molar refractivity (Wildman–Crippen MR) is 82.6 cm³/mol. The Morgan fingerprint density at radius 2 is 2.10 bits per heavy atom. The maximum absolute atomic E-state index is 12.7. The molecule has 0 amide bonds. The van der Waals surface area contributed by atoms with E-state index in [2.05, 4.69) is 5.32 Å². The lowest BCUT2D eigenvalue weighted by Crippen LogP contribution is -2.37. The third-order valence-electron chi connectivity index (χ3n) is 3.65. The van der Waals surface area contributed by atoms with Crippen molar-refractivity contribution in [1.29, 1.82) is 0 Å². The van der Waals surface area contributed by atoms with Crippen molar-refractivity contribution >= 4 is 15.7 Å². The Morgan fingerprint density at radius 3 is 2.75 bits per heavy atom. The minimum absolute atomic E-state index is 0.0241. The molecule has 2 rings (SSSR count). The van der Waals surface area contributed by atoms with Gasteiger partial charge in [-0.2, -0.15) is 4.31 Å².